The van der Waals surface area contributed by atoms with E-state index < -0.39 is 5.91 Å². The van der Waals surface area contributed by atoms with Crippen LogP contribution < -0.4 is 25.9 Å². The van der Waals surface area contributed by atoms with Gasteiger partial charge in [-0.2, -0.15) is 5.10 Å². The number of carbonyl (C=O) groups is 1. The van der Waals surface area contributed by atoms with Crippen molar-refractivity contribution in [3.05, 3.63) is 53.6 Å². The molecule has 0 aliphatic heterocycles. The van der Waals surface area contributed by atoms with Gasteiger partial charge < -0.3 is 20.5 Å². The fourth-order valence-electron chi connectivity index (χ4n) is 1.99. The molecule has 2 rings (SSSR count). The number of amides is 1. The molecule has 8 heteroatoms. The van der Waals surface area contributed by atoms with Crippen molar-refractivity contribution in [2.45, 2.75) is 6.92 Å². The van der Waals surface area contributed by atoms with E-state index in [0.29, 0.717) is 16.6 Å². The Morgan fingerprint density at radius 2 is 1.96 bits per heavy atom. The van der Waals surface area contributed by atoms with Crippen molar-refractivity contribution < 1.29 is 14.3 Å². The maximum absolute atomic E-state index is 10.8. The number of carbonyl (C=O) groups excluding carboxylic acids is 1. The van der Waals surface area contributed by atoms with Gasteiger partial charge in [-0.3, -0.25) is 10.2 Å². The number of benzene rings is 2. The standard InChI is InChI=1S/C18H20N4O3S/c1-12-3-6-14(7-4-12)21-18(26)22-20-10-13-5-8-15(16(9-13)24-2)25-11-17(19)23/h3-10H,11H2,1-2H3,(H2,19,23)(H2,21,22,26)/b20-10-. The predicted molar refractivity (Wildman–Crippen MR) is 106 cm³/mol. The average Bonchev–Trinajstić information content (AvgIpc) is 2.62. The van der Waals surface area contributed by atoms with E-state index in [1.54, 1.807) is 24.4 Å². The topological polar surface area (TPSA) is 98.0 Å². The van der Waals surface area contributed by atoms with Crippen LogP contribution in [0.1, 0.15) is 11.1 Å². The molecular weight excluding hydrogens is 352 g/mol. The minimum atomic E-state index is -0.559. The second-order valence-corrected chi connectivity index (χ2v) is 5.76. The molecule has 0 unspecified atom stereocenters. The Hall–Kier alpha value is -3.13. The Morgan fingerprint density at radius 3 is 2.62 bits per heavy atom. The smallest absolute Gasteiger partial charge is 0.255 e. The SMILES string of the molecule is COc1cc(/C=N\NC(=S)Nc2ccc(C)cc2)ccc1OCC(N)=O. The first kappa shape index (κ1) is 19.2. The second kappa shape index (κ2) is 9.38. The van der Waals surface area contributed by atoms with E-state index in [1.807, 2.05) is 31.2 Å². The molecule has 0 aliphatic rings. The molecule has 0 atom stereocenters. The molecule has 0 aromatic heterocycles. The summed E-state index contributed by atoms with van der Waals surface area (Å²) < 4.78 is 10.5. The van der Waals surface area contributed by atoms with Crippen LogP contribution in [0.15, 0.2) is 47.6 Å². The molecule has 2 aromatic carbocycles. The first-order valence-electron chi connectivity index (χ1n) is 7.74. The number of ether oxygens (including phenoxy) is 2. The van der Waals surface area contributed by atoms with Crippen molar-refractivity contribution in [2.75, 3.05) is 19.0 Å². The van der Waals surface area contributed by atoms with Gasteiger partial charge in [0.2, 0.25) is 0 Å². The Kier molecular flexibility index (Phi) is 6.92. The maximum atomic E-state index is 10.8. The molecule has 0 spiro atoms. The van der Waals surface area contributed by atoms with Gasteiger partial charge in [0.25, 0.3) is 5.91 Å². The summed E-state index contributed by atoms with van der Waals surface area (Å²) in [4.78, 5) is 10.8. The van der Waals surface area contributed by atoms with Crippen LogP contribution in [-0.2, 0) is 4.79 Å². The largest absolute Gasteiger partial charge is 0.493 e. The highest BCUT2D eigenvalue weighted by atomic mass is 32.1. The van der Waals surface area contributed by atoms with Gasteiger partial charge in [-0.05, 0) is 55.0 Å². The van der Waals surface area contributed by atoms with Gasteiger partial charge >= 0.3 is 0 Å². The van der Waals surface area contributed by atoms with E-state index >= 15 is 0 Å². The summed E-state index contributed by atoms with van der Waals surface area (Å²) in [5, 5.41) is 7.49. The lowest BCUT2D eigenvalue weighted by atomic mass is 10.2. The van der Waals surface area contributed by atoms with Crippen LogP contribution >= 0.6 is 12.2 Å². The van der Waals surface area contributed by atoms with Gasteiger partial charge in [0.05, 0.1) is 13.3 Å². The summed E-state index contributed by atoms with van der Waals surface area (Å²) in [5.41, 5.74) is 10.6. The molecule has 2 aromatic rings. The molecule has 0 bridgehead atoms. The number of hydrogen-bond acceptors (Lipinski definition) is 5. The number of thiocarbonyl (C=S) groups is 1. The van der Waals surface area contributed by atoms with Crippen molar-refractivity contribution in [2.24, 2.45) is 10.8 Å². The number of anilines is 1. The first-order chi connectivity index (χ1) is 12.5. The highest BCUT2D eigenvalue weighted by Gasteiger charge is 2.06. The quantitative estimate of drug-likeness (QED) is 0.392. The Labute approximate surface area is 157 Å². The minimum Gasteiger partial charge on any atom is -0.493 e. The molecule has 4 N–H and O–H groups in total. The van der Waals surface area contributed by atoms with Crippen LogP contribution in [0.3, 0.4) is 0 Å². The van der Waals surface area contributed by atoms with Gasteiger partial charge in [0, 0.05) is 5.69 Å². The third kappa shape index (κ3) is 6.06. The minimum absolute atomic E-state index is 0.218. The van der Waals surface area contributed by atoms with Crippen LogP contribution in [0.4, 0.5) is 5.69 Å². The number of methoxy groups -OCH3 is 1. The van der Waals surface area contributed by atoms with E-state index in [0.717, 1.165) is 11.3 Å². The summed E-state index contributed by atoms with van der Waals surface area (Å²) in [5.74, 6) is 0.333. The monoisotopic (exact) mass is 372 g/mol. The number of hydrazone groups is 1. The molecule has 26 heavy (non-hydrogen) atoms. The molecule has 0 saturated heterocycles. The number of rotatable bonds is 7. The lowest BCUT2D eigenvalue weighted by Crippen LogP contribution is -2.23. The summed E-state index contributed by atoms with van der Waals surface area (Å²) in [6.07, 6.45) is 1.59. The summed E-state index contributed by atoms with van der Waals surface area (Å²) in [7, 11) is 1.51. The van der Waals surface area contributed by atoms with Gasteiger partial charge in [-0.1, -0.05) is 17.7 Å². The van der Waals surface area contributed by atoms with Crippen molar-refractivity contribution in [3.63, 3.8) is 0 Å². The molecule has 136 valence electrons. The van der Waals surface area contributed by atoms with E-state index in [2.05, 4.69) is 15.8 Å². The first-order valence-corrected chi connectivity index (χ1v) is 8.14. The lowest BCUT2D eigenvalue weighted by molar-refractivity contribution is -0.119. The number of nitrogens with zero attached hydrogens (tertiary/aromatic N) is 1. The zero-order valence-electron chi connectivity index (χ0n) is 14.5. The number of nitrogens with two attached hydrogens (primary N) is 1. The number of hydrogen-bond donors (Lipinski definition) is 3. The van der Waals surface area contributed by atoms with Crippen molar-refractivity contribution >= 4 is 35.1 Å². The highest BCUT2D eigenvalue weighted by molar-refractivity contribution is 7.80. The van der Waals surface area contributed by atoms with Gasteiger partial charge in [-0.25, -0.2) is 0 Å². The van der Waals surface area contributed by atoms with Crippen molar-refractivity contribution in [3.8, 4) is 11.5 Å². The lowest BCUT2D eigenvalue weighted by Gasteiger charge is -2.10. The number of aryl methyl sites for hydroxylation is 1. The molecule has 0 aliphatic carbocycles. The Bertz CT molecular complexity index is 807. The van der Waals surface area contributed by atoms with Gasteiger partial charge in [0.1, 0.15) is 0 Å². The highest BCUT2D eigenvalue weighted by Crippen LogP contribution is 2.27. The molecular formula is C18H20N4O3S. The summed E-state index contributed by atoms with van der Waals surface area (Å²) in [6.45, 7) is 1.80. The van der Waals surface area contributed by atoms with E-state index in [1.165, 1.54) is 12.7 Å². The molecule has 1 amide bonds. The Balaban J connectivity index is 1.93. The van der Waals surface area contributed by atoms with Crippen molar-refractivity contribution in [1.29, 1.82) is 0 Å². The average molecular weight is 372 g/mol. The number of nitrogens with one attached hydrogen (secondary N) is 2. The fourth-order valence-corrected chi connectivity index (χ4v) is 2.16. The zero-order valence-corrected chi connectivity index (χ0v) is 15.3. The van der Waals surface area contributed by atoms with Crippen LogP contribution in [0.5, 0.6) is 11.5 Å². The molecule has 0 radical (unpaired) electrons. The van der Waals surface area contributed by atoms with Crippen LogP contribution in [0.2, 0.25) is 0 Å². The van der Waals surface area contributed by atoms with E-state index in [-0.39, 0.29) is 6.61 Å². The van der Waals surface area contributed by atoms with Crippen LogP contribution in [-0.4, -0.2) is 31.0 Å². The van der Waals surface area contributed by atoms with Gasteiger partial charge in [-0.15, -0.1) is 0 Å². The second-order valence-electron chi connectivity index (χ2n) is 5.36. The molecule has 7 nitrogen and oxygen atoms in total. The summed E-state index contributed by atoms with van der Waals surface area (Å²) >= 11 is 5.19. The third-order valence-corrected chi connectivity index (χ3v) is 3.44. The molecule has 0 saturated carbocycles. The van der Waals surface area contributed by atoms with Crippen molar-refractivity contribution in [1.82, 2.24) is 5.43 Å². The van der Waals surface area contributed by atoms with Crippen LogP contribution in [0.25, 0.3) is 0 Å². The normalized spacial score (nSPS) is 10.4. The van der Waals surface area contributed by atoms with Crippen LogP contribution in [0, 0.1) is 6.92 Å². The fraction of sp³-hybridized carbons (Fsp3) is 0.167. The maximum Gasteiger partial charge on any atom is 0.255 e. The number of primary amides is 1. The molecule has 0 heterocycles. The third-order valence-electron chi connectivity index (χ3n) is 3.25. The van der Waals surface area contributed by atoms with E-state index in [4.69, 9.17) is 27.4 Å². The molecule has 0 fully saturated rings. The predicted octanol–water partition coefficient (Wildman–Crippen LogP) is 2.19. The zero-order chi connectivity index (χ0) is 18.9. The Morgan fingerprint density at radius 1 is 1.23 bits per heavy atom. The van der Waals surface area contributed by atoms with Gasteiger partial charge in [0.15, 0.2) is 23.2 Å². The summed E-state index contributed by atoms with van der Waals surface area (Å²) in [6, 6.07) is 13.0. The van der Waals surface area contributed by atoms with E-state index in [9.17, 15) is 4.79 Å².